The first kappa shape index (κ1) is 14.3. The minimum absolute atomic E-state index is 0.506. The predicted molar refractivity (Wildman–Crippen MR) is 74.7 cm³/mol. The Morgan fingerprint density at radius 2 is 2.17 bits per heavy atom. The molecule has 0 bridgehead atoms. The van der Waals surface area contributed by atoms with Gasteiger partial charge < -0.3 is 15.4 Å². The number of nitrogens with two attached hydrogens (primary N) is 1. The van der Waals surface area contributed by atoms with Crippen molar-refractivity contribution in [2.24, 2.45) is 11.7 Å². The third kappa shape index (κ3) is 3.44. The first-order valence-corrected chi connectivity index (χ1v) is 7.44. The van der Waals surface area contributed by atoms with Gasteiger partial charge in [-0.2, -0.15) is 0 Å². The highest BCUT2D eigenvalue weighted by Gasteiger charge is 2.32. The number of ether oxygens (including phenoxy) is 1. The summed E-state index contributed by atoms with van der Waals surface area (Å²) in [5, 5.41) is 0. The van der Waals surface area contributed by atoms with Crippen molar-refractivity contribution in [2.45, 2.75) is 38.3 Å². The van der Waals surface area contributed by atoms with Gasteiger partial charge in [0.25, 0.3) is 0 Å². The highest BCUT2D eigenvalue weighted by molar-refractivity contribution is 4.87. The van der Waals surface area contributed by atoms with Gasteiger partial charge in [-0.05, 0) is 45.7 Å². The Balaban J connectivity index is 2.00. The van der Waals surface area contributed by atoms with Crippen molar-refractivity contribution in [1.29, 1.82) is 0 Å². The van der Waals surface area contributed by atoms with E-state index in [9.17, 15) is 0 Å². The minimum Gasteiger partial charge on any atom is -0.381 e. The smallest absolute Gasteiger partial charge is 0.0509 e. The zero-order valence-electron chi connectivity index (χ0n) is 12.0. The zero-order chi connectivity index (χ0) is 13.0. The molecule has 3 unspecified atom stereocenters. The summed E-state index contributed by atoms with van der Waals surface area (Å²) >= 11 is 0. The fraction of sp³-hybridized carbons (Fsp3) is 1.00. The lowest BCUT2D eigenvalue weighted by atomic mass is 9.91. The maximum Gasteiger partial charge on any atom is 0.0509 e. The average Bonchev–Trinajstić information content (AvgIpc) is 2.54. The van der Waals surface area contributed by atoms with E-state index >= 15 is 0 Å². The summed E-state index contributed by atoms with van der Waals surface area (Å²) < 4.78 is 5.65. The van der Waals surface area contributed by atoms with E-state index in [4.69, 9.17) is 10.5 Å². The van der Waals surface area contributed by atoms with E-state index in [0.717, 1.165) is 26.3 Å². The summed E-state index contributed by atoms with van der Waals surface area (Å²) in [6.07, 6.45) is 3.73. The van der Waals surface area contributed by atoms with E-state index in [-0.39, 0.29) is 0 Å². The van der Waals surface area contributed by atoms with Crippen molar-refractivity contribution >= 4 is 0 Å². The molecule has 0 saturated carbocycles. The summed E-state index contributed by atoms with van der Waals surface area (Å²) in [5.41, 5.74) is 6.07. The molecule has 2 fully saturated rings. The maximum atomic E-state index is 6.07. The normalized spacial score (nSPS) is 34.2. The van der Waals surface area contributed by atoms with Gasteiger partial charge >= 0.3 is 0 Å². The molecule has 4 heteroatoms. The fourth-order valence-corrected chi connectivity index (χ4v) is 3.55. The van der Waals surface area contributed by atoms with Gasteiger partial charge in [0, 0.05) is 38.3 Å². The van der Waals surface area contributed by atoms with Crippen LogP contribution in [-0.4, -0.2) is 68.3 Å². The van der Waals surface area contributed by atoms with Crippen molar-refractivity contribution in [1.82, 2.24) is 9.80 Å². The molecule has 106 valence electrons. The molecule has 2 aliphatic heterocycles. The molecule has 4 nitrogen and oxygen atoms in total. The van der Waals surface area contributed by atoms with Gasteiger partial charge in [0.15, 0.2) is 0 Å². The van der Waals surface area contributed by atoms with E-state index in [1.807, 2.05) is 0 Å². The second kappa shape index (κ2) is 6.85. The van der Waals surface area contributed by atoms with E-state index in [1.165, 1.54) is 32.4 Å². The zero-order valence-corrected chi connectivity index (χ0v) is 12.0. The Bertz CT molecular complexity index is 243. The molecular formula is C14H29N3O. The highest BCUT2D eigenvalue weighted by Crippen LogP contribution is 2.24. The van der Waals surface area contributed by atoms with Crippen LogP contribution in [0.15, 0.2) is 0 Å². The van der Waals surface area contributed by atoms with E-state index in [0.29, 0.717) is 18.0 Å². The molecule has 2 saturated heterocycles. The van der Waals surface area contributed by atoms with Crippen molar-refractivity contribution in [3.8, 4) is 0 Å². The monoisotopic (exact) mass is 255 g/mol. The largest absolute Gasteiger partial charge is 0.381 e. The van der Waals surface area contributed by atoms with Crippen molar-refractivity contribution in [3.63, 3.8) is 0 Å². The van der Waals surface area contributed by atoms with Crippen LogP contribution >= 0.6 is 0 Å². The van der Waals surface area contributed by atoms with Crippen LogP contribution in [0.25, 0.3) is 0 Å². The molecule has 0 radical (unpaired) electrons. The van der Waals surface area contributed by atoms with Gasteiger partial charge in [-0.1, -0.05) is 0 Å². The third-order valence-corrected chi connectivity index (χ3v) is 4.51. The van der Waals surface area contributed by atoms with Crippen molar-refractivity contribution in [2.75, 3.05) is 46.4 Å². The lowest BCUT2D eigenvalue weighted by Gasteiger charge is -2.40. The average molecular weight is 255 g/mol. The van der Waals surface area contributed by atoms with Gasteiger partial charge in [-0.3, -0.25) is 4.90 Å². The van der Waals surface area contributed by atoms with E-state index in [1.54, 1.807) is 0 Å². The summed E-state index contributed by atoms with van der Waals surface area (Å²) in [4.78, 5) is 5.08. The Morgan fingerprint density at radius 3 is 2.83 bits per heavy atom. The van der Waals surface area contributed by atoms with Gasteiger partial charge in [-0.25, -0.2) is 0 Å². The molecule has 2 N–H and O–H groups in total. The van der Waals surface area contributed by atoms with Crippen LogP contribution in [0.2, 0.25) is 0 Å². The molecule has 0 amide bonds. The summed E-state index contributed by atoms with van der Waals surface area (Å²) in [7, 11) is 2.22. The molecule has 0 spiro atoms. The lowest BCUT2D eigenvalue weighted by Crippen LogP contribution is -2.52. The van der Waals surface area contributed by atoms with Crippen LogP contribution in [0.3, 0.4) is 0 Å². The molecule has 2 rings (SSSR count). The maximum absolute atomic E-state index is 6.07. The summed E-state index contributed by atoms with van der Waals surface area (Å²) in [5.74, 6) is 0.634. The van der Waals surface area contributed by atoms with Gasteiger partial charge in [-0.15, -0.1) is 0 Å². The standard InChI is InChI=1S/C14H29N3O/c1-12-10-16(2)6-4-7-17(12)14(9-15)13-5-3-8-18-11-13/h12-14H,3-11,15H2,1-2H3. The quantitative estimate of drug-likeness (QED) is 0.809. The van der Waals surface area contributed by atoms with Gasteiger partial charge in [0.05, 0.1) is 6.61 Å². The van der Waals surface area contributed by atoms with E-state index < -0.39 is 0 Å². The minimum atomic E-state index is 0.506. The van der Waals surface area contributed by atoms with Gasteiger partial charge in [0.2, 0.25) is 0 Å². The Morgan fingerprint density at radius 1 is 1.33 bits per heavy atom. The summed E-state index contributed by atoms with van der Waals surface area (Å²) in [6, 6.07) is 1.11. The number of nitrogens with zero attached hydrogens (tertiary/aromatic N) is 2. The SMILES string of the molecule is CC1CN(C)CCCN1C(CN)C1CCCOC1. The fourth-order valence-electron chi connectivity index (χ4n) is 3.55. The first-order valence-electron chi connectivity index (χ1n) is 7.44. The Labute approximate surface area is 111 Å². The van der Waals surface area contributed by atoms with Crippen LogP contribution in [0, 0.1) is 5.92 Å². The van der Waals surface area contributed by atoms with Crippen LogP contribution in [0.1, 0.15) is 26.2 Å². The van der Waals surface area contributed by atoms with E-state index in [2.05, 4.69) is 23.8 Å². The molecule has 0 aromatic carbocycles. The predicted octanol–water partition coefficient (Wildman–Crippen LogP) is 0.766. The number of hydrogen-bond donors (Lipinski definition) is 1. The molecule has 2 heterocycles. The number of likely N-dealkylation sites (N-methyl/N-ethyl adjacent to an activating group) is 1. The molecule has 3 atom stereocenters. The van der Waals surface area contributed by atoms with Crippen LogP contribution in [0.5, 0.6) is 0 Å². The Hall–Kier alpha value is -0.160. The van der Waals surface area contributed by atoms with Gasteiger partial charge in [0.1, 0.15) is 0 Å². The van der Waals surface area contributed by atoms with Crippen LogP contribution in [-0.2, 0) is 4.74 Å². The molecular weight excluding hydrogens is 226 g/mol. The Kier molecular flexibility index (Phi) is 5.42. The highest BCUT2D eigenvalue weighted by atomic mass is 16.5. The molecule has 0 aromatic rings. The molecule has 0 aliphatic carbocycles. The first-order chi connectivity index (χ1) is 8.72. The summed E-state index contributed by atoms with van der Waals surface area (Å²) in [6.45, 7) is 8.50. The van der Waals surface area contributed by atoms with Crippen molar-refractivity contribution in [3.05, 3.63) is 0 Å². The van der Waals surface area contributed by atoms with Crippen molar-refractivity contribution < 1.29 is 4.74 Å². The molecule has 0 aromatic heterocycles. The second-order valence-corrected chi connectivity index (χ2v) is 5.98. The topological polar surface area (TPSA) is 41.7 Å². The van der Waals surface area contributed by atoms with Crippen LogP contribution < -0.4 is 5.73 Å². The second-order valence-electron chi connectivity index (χ2n) is 5.98. The van der Waals surface area contributed by atoms with Crippen LogP contribution in [0.4, 0.5) is 0 Å². The molecule has 18 heavy (non-hydrogen) atoms. The molecule has 2 aliphatic rings. The third-order valence-electron chi connectivity index (χ3n) is 4.51. The number of hydrogen-bond acceptors (Lipinski definition) is 4. The lowest BCUT2D eigenvalue weighted by molar-refractivity contribution is 0.00184. The number of rotatable bonds is 3.